The molecular formula is C25H44O5SSi2. The van der Waals surface area contributed by atoms with Gasteiger partial charge in [0.05, 0.1) is 15.9 Å². The Morgan fingerprint density at radius 2 is 1.45 bits per heavy atom. The van der Waals surface area contributed by atoms with Gasteiger partial charge in [-0.2, -0.15) is 0 Å². The second-order valence-corrected chi connectivity index (χ2v) is 23.8. The van der Waals surface area contributed by atoms with E-state index < -0.39 is 38.7 Å². The van der Waals surface area contributed by atoms with Gasteiger partial charge in [0.15, 0.2) is 16.6 Å². The summed E-state index contributed by atoms with van der Waals surface area (Å²) in [4.78, 5) is 0.401. The Morgan fingerprint density at radius 3 is 1.94 bits per heavy atom. The standard InChI is InChI=1S/C25H44O5SSi2/c1-24(2,3)32(7,8)29-18-19-16-17-21(31(27,28)20-14-12-11-13-15-20)23(22(19)26)30-33(9,10)25(4,5)6/h11-15,17,19,22-23,26H,16,18H2,1-10H3/t19-,22-,23-/m1/s1. The Hall–Kier alpha value is -0.776. The Labute approximate surface area is 203 Å². The minimum atomic E-state index is -3.79. The third-order valence-electron chi connectivity index (χ3n) is 7.75. The van der Waals surface area contributed by atoms with Gasteiger partial charge in [0, 0.05) is 12.5 Å². The number of rotatable bonds is 7. The third kappa shape index (κ3) is 6.27. The third-order valence-corrected chi connectivity index (χ3v) is 18.6. The normalized spacial score (nSPS) is 23.4. The first-order valence-corrected chi connectivity index (χ1v) is 19.1. The molecule has 1 aliphatic rings. The van der Waals surface area contributed by atoms with Crippen molar-refractivity contribution in [2.45, 2.75) is 101 Å². The van der Waals surface area contributed by atoms with Gasteiger partial charge in [0.2, 0.25) is 9.84 Å². The molecule has 0 aliphatic heterocycles. The monoisotopic (exact) mass is 512 g/mol. The van der Waals surface area contributed by atoms with Gasteiger partial charge in [-0.25, -0.2) is 8.42 Å². The maximum absolute atomic E-state index is 13.6. The summed E-state index contributed by atoms with van der Waals surface area (Å²) in [5, 5.41) is 11.4. The molecule has 0 unspecified atom stereocenters. The Bertz CT molecular complexity index is 941. The minimum absolute atomic E-state index is 0.0569. The molecule has 0 spiro atoms. The lowest BCUT2D eigenvalue weighted by molar-refractivity contribution is -0.0105. The molecule has 1 aromatic rings. The zero-order valence-corrected chi connectivity index (χ0v) is 24.9. The van der Waals surface area contributed by atoms with Crippen molar-refractivity contribution in [2.75, 3.05) is 6.61 Å². The van der Waals surface area contributed by atoms with Crippen LogP contribution in [0.25, 0.3) is 0 Å². The fourth-order valence-corrected chi connectivity index (χ4v) is 7.26. The summed E-state index contributed by atoms with van der Waals surface area (Å²) in [7, 11) is -8.16. The van der Waals surface area contributed by atoms with E-state index in [9.17, 15) is 13.5 Å². The summed E-state index contributed by atoms with van der Waals surface area (Å²) in [5.41, 5.74) is 0. The number of allylic oxidation sites excluding steroid dienone is 1. The van der Waals surface area contributed by atoms with E-state index in [1.54, 1.807) is 36.4 Å². The molecular weight excluding hydrogens is 469 g/mol. The number of aliphatic hydroxyl groups excluding tert-OH is 1. The highest BCUT2D eigenvalue weighted by Crippen LogP contribution is 2.43. The van der Waals surface area contributed by atoms with Crippen LogP contribution in [0.1, 0.15) is 48.0 Å². The molecule has 0 amide bonds. The summed E-state index contributed by atoms with van der Waals surface area (Å²) < 4.78 is 40.1. The first-order valence-electron chi connectivity index (χ1n) is 11.8. The van der Waals surface area contributed by atoms with Gasteiger partial charge in [-0.3, -0.25) is 0 Å². The zero-order chi connectivity index (χ0) is 25.5. The van der Waals surface area contributed by atoms with E-state index >= 15 is 0 Å². The largest absolute Gasteiger partial charge is 0.416 e. The van der Waals surface area contributed by atoms with Crippen molar-refractivity contribution in [3.8, 4) is 0 Å². The highest BCUT2D eigenvalue weighted by molar-refractivity contribution is 7.95. The first-order chi connectivity index (χ1) is 14.8. The molecule has 0 aromatic heterocycles. The van der Waals surface area contributed by atoms with Crippen LogP contribution in [0.2, 0.25) is 36.3 Å². The fourth-order valence-electron chi connectivity index (χ4n) is 3.26. The van der Waals surface area contributed by atoms with Crippen molar-refractivity contribution in [3.05, 3.63) is 41.3 Å². The van der Waals surface area contributed by atoms with E-state index in [-0.39, 0.29) is 25.8 Å². The van der Waals surface area contributed by atoms with Crippen LogP contribution in [0, 0.1) is 5.92 Å². The van der Waals surface area contributed by atoms with Crippen molar-refractivity contribution < 1.29 is 22.4 Å². The predicted molar refractivity (Wildman–Crippen MR) is 141 cm³/mol. The number of sulfone groups is 1. The van der Waals surface area contributed by atoms with Crippen LogP contribution in [-0.2, 0) is 18.7 Å². The molecule has 8 heteroatoms. The lowest BCUT2D eigenvalue weighted by Crippen LogP contribution is -2.52. The second-order valence-electron chi connectivity index (χ2n) is 12.3. The molecule has 0 heterocycles. The quantitative estimate of drug-likeness (QED) is 0.444. The first kappa shape index (κ1) is 28.5. The summed E-state index contributed by atoms with van der Waals surface area (Å²) in [6.07, 6.45) is 0.335. The van der Waals surface area contributed by atoms with Crippen LogP contribution in [-0.4, -0.2) is 49.0 Å². The fraction of sp³-hybridized carbons (Fsp3) is 0.680. The highest BCUT2D eigenvalue weighted by atomic mass is 32.2. The number of hydrogen-bond donors (Lipinski definition) is 1. The summed E-state index contributed by atoms with van der Waals surface area (Å²) in [6.45, 7) is 21.8. The molecule has 0 saturated carbocycles. The van der Waals surface area contributed by atoms with Crippen molar-refractivity contribution in [3.63, 3.8) is 0 Å². The van der Waals surface area contributed by atoms with Crippen molar-refractivity contribution in [1.29, 1.82) is 0 Å². The van der Waals surface area contributed by atoms with Gasteiger partial charge < -0.3 is 14.0 Å². The van der Waals surface area contributed by atoms with Gasteiger partial charge in [-0.1, -0.05) is 65.8 Å². The van der Waals surface area contributed by atoms with Crippen molar-refractivity contribution >= 4 is 26.5 Å². The molecule has 188 valence electrons. The zero-order valence-electron chi connectivity index (χ0n) is 22.1. The van der Waals surface area contributed by atoms with Gasteiger partial charge in [0.25, 0.3) is 0 Å². The highest BCUT2D eigenvalue weighted by Gasteiger charge is 2.47. The van der Waals surface area contributed by atoms with Crippen molar-refractivity contribution in [1.82, 2.24) is 0 Å². The molecule has 1 aliphatic carbocycles. The maximum Gasteiger partial charge on any atom is 0.205 e. The topological polar surface area (TPSA) is 72.8 Å². The Kier molecular flexibility index (Phi) is 8.37. The van der Waals surface area contributed by atoms with Crippen LogP contribution in [0.15, 0.2) is 46.2 Å². The van der Waals surface area contributed by atoms with E-state index in [1.807, 2.05) is 0 Å². The van der Waals surface area contributed by atoms with E-state index in [1.165, 1.54) is 0 Å². The van der Waals surface area contributed by atoms with Crippen LogP contribution in [0.4, 0.5) is 0 Å². The average molecular weight is 513 g/mol. The minimum Gasteiger partial charge on any atom is -0.416 e. The SMILES string of the molecule is CC(C)(C)[Si](C)(C)OC[C@H]1CC=C(S(=O)(=O)c2ccccc2)[C@@H](O[Si](C)(C)C(C)(C)C)[C@@H]1O. The van der Waals surface area contributed by atoms with Gasteiger partial charge >= 0.3 is 0 Å². The lowest BCUT2D eigenvalue weighted by Gasteiger charge is -2.44. The van der Waals surface area contributed by atoms with E-state index in [0.29, 0.717) is 13.0 Å². The number of benzene rings is 1. The van der Waals surface area contributed by atoms with Crippen LogP contribution >= 0.6 is 0 Å². The molecule has 2 rings (SSSR count). The van der Waals surface area contributed by atoms with Gasteiger partial charge in [-0.05, 0) is 54.8 Å². The molecule has 1 N–H and O–H groups in total. The molecule has 5 nitrogen and oxygen atoms in total. The molecule has 1 aromatic carbocycles. The molecule has 33 heavy (non-hydrogen) atoms. The van der Waals surface area contributed by atoms with Crippen molar-refractivity contribution in [2.24, 2.45) is 5.92 Å². The Balaban J connectivity index is 2.44. The van der Waals surface area contributed by atoms with E-state index in [0.717, 1.165) is 0 Å². The van der Waals surface area contributed by atoms with Crippen LogP contribution < -0.4 is 0 Å². The van der Waals surface area contributed by atoms with Gasteiger partial charge in [0.1, 0.15) is 6.10 Å². The van der Waals surface area contributed by atoms with Crippen LogP contribution in [0.3, 0.4) is 0 Å². The van der Waals surface area contributed by atoms with Gasteiger partial charge in [-0.15, -0.1) is 0 Å². The predicted octanol–water partition coefficient (Wildman–Crippen LogP) is 6.14. The summed E-state index contributed by atoms with van der Waals surface area (Å²) in [6, 6.07) is 8.41. The average Bonchev–Trinajstić information content (AvgIpc) is 2.67. The molecule has 0 fully saturated rings. The number of hydrogen-bond acceptors (Lipinski definition) is 5. The summed E-state index contributed by atoms with van der Waals surface area (Å²) in [5.74, 6) is -0.219. The number of aliphatic hydroxyl groups is 1. The van der Waals surface area contributed by atoms with E-state index in [2.05, 4.69) is 67.7 Å². The van der Waals surface area contributed by atoms with Crippen LogP contribution in [0.5, 0.6) is 0 Å². The molecule has 0 radical (unpaired) electrons. The smallest absolute Gasteiger partial charge is 0.205 e. The van der Waals surface area contributed by atoms with E-state index in [4.69, 9.17) is 8.85 Å². The lowest BCUT2D eigenvalue weighted by atomic mass is 9.90. The molecule has 0 saturated heterocycles. The Morgan fingerprint density at radius 1 is 0.939 bits per heavy atom. The molecule has 3 atom stereocenters. The second kappa shape index (κ2) is 9.70. The maximum atomic E-state index is 13.6. The summed E-state index contributed by atoms with van der Waals surface area (Å²) >= 11 is 0. The molecule has 0 bridgehead atoms.